The van der Waals surface area contributed by atoms with Gasteiger partial charge in [0.15, 0.2) is 5.82 Å². The molecule has 0 saturated carbocycles. The number of morpholine rings is 1. The highest BCUT2D eigenvalue weighted by atomic mass is 35.5. The maximum atomic E-state index is 13.4. The van der Waals surface area contributed by atoms with Crippen LogP contribution >= 0.6 is 11.6 Å². The van der Waals surface area contributed by atoms with Gasteiger partial charge in [-0.05, 0) is 18.2 Å². The highest BCUT2D eigenvalue weighted by Crippen LogP contribution is 2.25. The van der Waals surface area contributed by atoms with E-state index >= 15 is 0 Å². The standard InChI is InChI=1S/C18H21ClFN5O3S/c19-16-12-15(1-2-17(16)20)29(26,27)25-5-3-24(4-6-25)18-11-14(13-21-22-18)23-7-9-28-10-8-23/h1-2,11-13H,3-10H2. The van der Waals surface area contributed by atoms with Crippen molar-refractivity contribution in [2.75, 3.05) is 62.3 Å². The third-order valence-corrected chi connectivity index (χ3v) is 7.28. The molecule has 0 radical (unpaired) electrons. The van der Waals surface area contributed by atoms with Gasteiger partial charge in [0, 0.05) is 45.3 Å². The number of piperazine rings is 1. The molecule has 2 aliphatic rings. The summed E-state index contributed by atoms with van der Waals surface area (Å²) < 4.78 is 45.8. The molecule has 0 unspecified atom stereocenters. The van der Waals surface area contributed by atoms with E-state index in [9.17, 15) is 12.8 Å². The van der Waals surface area contributed by atoms with Crippen LogP contribution in [0, 0.1) is 5.82 Å². The zero-order chi connectivity index (χ0) is 20.4. The van der Waals surface area contributed by atoms with Crippen molar-refractivity contribution in [2.24, 2.45) is 0 Å². The molecule has 4 rings (SSSR count). The van der Waals surface area contributed by atoms with Crippen LogP contribution in [0.1, 0.15) is 0 Å². The SMILES string of the molecule is O=S(=O)(c1ccc(F)c(Cl)c1)N1CCN(c2cc(N3CCOCC3)cnn2)CC1. The van der Waals surface area contributed by atoms with Crippen molar-refractivity contribution < 1.29 is 17.5 Å². The van der Waals surface area contributed by atoms with Gasteiger partial charge in [-0.2, -0.15) is 9.40 Å². The second-order valence-corrected chi connectivity index (χ2v) is 9.18. The van der Waals surface area contributed by atoms with Gasteiger partial charge in [-0.3, -0.25) is 0 Å². The van der Waals surface area contributed by atoms with Crippen molar-refractivity contribution in [1.29, 1.82) is 0 Å². The number of anilines is 2. The van der Waals surface area contributed by atoms with Crippen LogP contribution < -0.4 is 9.80 Å². The van der Waals surface area contributed by atoms with E-state index in [1.165, 1.54) is 10.4 Å². The zero-order valence-electron chi connectivity index (χ0n) is 15.7. The second-order valence-electron chi connectivity index (χ2n) is 6.84. The smallest absolute Gasteiger partial charge is 0.243 e. The molecular weight excluding hydrogens is 421 g/mol. The number of hydrogen-bond donors (Lipinski definition) is 0. The molecule has 8 nitrogen and oxygen atoms in total. The highest BCUT2D eigenvalue weighted by molar-refractivity contribution is 7.89. The summed E-state index contributed by atoms with van der Waals surface area (Å²) in [6, 6.07) is 5.43. The molecule has 0 bridgehead atoms. The fourth-order valence-corrected chi connectivity index (χ4v) is 5.13. The van der Waals surface area contributed by atoms with E-state index in [1.807, 2.05) is 11.0 Å². The summed E-state index contributed by atoms with van der Waals surface area (Å²) in [6.45, 7) is 4.52. The number of benzene rings is 1. The molecule has 0 amide bonds. The first-order valence-corrected chi connectivity index (χ1v) is 11.1. The Kier molecular flexibility index (Phi) is 5.86. The van der Waals surface area contributed by atoms with Gasteiger partial charge in [0.05, 0.1) is 35.0 Å². The first-order valence-electron chi connectivity index (χ1n) is 9.31. The minimum atomic E-state index is -3.73. The molecule has 2 aromatic rings. The topological polar surface area (TPSA) is 78.9 Å². The number of sulfonamides is 1. The van der Waals surface area contributed by atoms with Crippen LogP contribution in [0.15, 0.2) is 35.4 Å². The van der Waals surface area contributed by atoms with Gasteiger partial charge < -0.3 is 14.5 Å². The van der Waals surface area contributed by atoms with E-state index in [2.05, 4.69) is 15.1 Å². The number of ether oxygens (including phenoxy) is 1. The van der Waals surface area contributed by atoms with Crippen LogP contribution in [0.5, 0.6) is 0 Å². The summed E-state index contributed by atoms with van der Waals surface area (Å²) in [7, 11) is -3.73. The molecule has 0 atom stereocenters. The summed E-state index contributed by atoms with van der Waals surface area (Å²) in [5.41, 5.74) is 0.981. The van der Waals surface area contributed by atoms with Crippen LogP contribution in [0.25, 0.3) is 0 Å². The molecule has 2 aliphatic heterocycles. The van der Waals surface area contributed by atoms with Gasteiger partial charge in [0.2, 0.25) is 10.0 Å². The minimum Gasteiger partial charge on any atom is -0.378 e. The van der Waals surface area contributed by atoms with Crippen LogP contribution in [-0.4, -0.2) is 75.4 Å². The van der Waals surface area contributed by atoms with E-state index in [-0.39, 0.29) is 9.92 Å². The monoisotopic (exact) mass is 441 g/mol. The Hall–Kier alpha value is -2.01. The van der Waals surface area contributed by atoms with E-state index in [4.69, 9.17) is 16.3 Å². The normalized spacial score (nSPS) is 18.8. The summed E-state index contributed by atoms with van der Waals surface area (Å²) in [4.78, 5) is 4.20. The van der Waals surface area contributed by atoms with Crippen molar-refractivity contribution in [3.63, 3.8) is 0 Å². The first kappa shape index (κ1) is 20.3. The molecule has 156 valence electrons. The molecule has 29 heavy (non-hydrogen) atoms. The number of rotatable bonds is 4. The molecule has 0 aliphatic carbocycles. The molecule has 2 saturated heterocycles. The predicted octanol–water partition coefficient (Wildman–Crippen LogP) is 1.62. The number of hydrogen-bond acceptors (Lipinski definition) is 7. The second kappa shape index (κ2) is 8.39. The Morgan fingerprint density at radius 1 is 1.00 bits per heavy atom. The van der Waals surface area contributed by atoms with Crippen molar-refractivity contribution in [3.8, 4) is 0 Å². The molecule has 0 spiro atoms. The average Bonchev–Trinajstić information content (AvgIpc) is 2.76. The molecule has 3 heterocycles. The highest BCUT2D eigenvalue weighted by Gasteiger charge is 2.29. The van der Waals surface area contributed by atoms with Crippen molar-refractivity contribution in [3.05, 3.63) is 41.3 Å². The summed E-state index contributed by atoms with van der Waals surface area (Å²) >= 11 is 5.75. The maximum Gasteiger partial charge on any atom is 0.243 e. The van der Waals surface area contributed by atoms with Crippen LogP contribution in [0.2, 0.25) is 5.02 Å². The molecule has 2 fully saturated rings. The van der Waals surface area contributed by atoms with Gasteiger partial charge >= 0.3 is 0 Å². The number of aromatic nitrogens is 2. The number of halogens is 2. The summed E-state index contributed by atoms with van der Waals surface area (Å²) in [5, 5.41) is 8.12. The molecular formula is C18H21ClFN5O3S. The lowest BCUT2D eigenvalue weighted by molar-refractivity contribution is 0.122. The molecule has 1 aromatic heterocycles. The largest absolute Gasteiger partial charge is 0.378 e. The summed E-state index contributed by atoms with van der Waals surface area (Å²) in [6.07, 6.45) is 1.73. The third-order valence-electron chi connectivity index (χ3n) is 5.09. The van der Waals surface area contributed by atoms with Crippen molar-refractivity contribution in [2.45, 2.75) is 4.90 Å². The Morgan fingerprint density at radius 3 is 2.41 bits per heavy atom. The minimum absolute atomic E-state index is 0.00791. The lowest BCUT2D eigenvalue weighted by Crippen LogP contribution is -2.49. The summed E-state index contributed by atoms with van der Waals surface area (Å²) in [5.74, 6) is 0.0741. The Balaban J connectivity index is 1.44. The van der Waals surface area contributed by atoms with Gasteiger partial charge in [-0.15, -0.1) is 5.10 Å². The lowest BCUT2D eigenvalue weighted by atomic mass is 10.3. The van der Waals surface area contributed by atoms with E-state index in [0.717, 1.165) is 36.7 Å². The first-order chi connectivity index (χ1) is 13.9. The Bertz CT molecular complexity index is 979. The predicted molar refractivity (Wildman–Crippen MR) is 107 cm³/mol. The van der Waals surface area contributed by atoms with Crippen LogP contribution in [-0.2, 0) is 14.8 Å². The van der Waals surface area contributed by atoms with Gasteiger partial charge in [0.1, 0.15) is 5.82 Å². The Morgan fingerprint density at radius 2 is 1.72 bits per heavy atom. The Labute approximate surface area is 173 Å². The zero-order valence-corrected chi connectivity index (χ0v) is 17.2. The van der Waals surface area contributed by atoms with Gasteiger partial charge in [-0.1, -0.05) is 11.6 Å². The van der Waals surface area contributed by atoms with E-state index in [1.54, 1.807) is 6.20 Å². The van der Waals surface area contributed by atoms with Crippen LogP contribution in [0.3, 0.4) is 0 Å². The fourth-order valence-electron chi connectivity index (χ4n) is 3.44. The van der Waals surface area contributed by atoms with Crippen molar-refractivity contribution in [1.82, 2.24) is 14.5 Å². The molecule has 1 aromatic carbocycles. The lowest BCUT2D eigenvalue weighted by Gasteiger charge is -2.35. The van der Waals surface area contributed by atoms with Gasteiger partial charge in [-0.25, -0.2) is 12.8 Å². The van der Waals surface area contributed by atoms with Gasteiger partial charge in [0.25, 0.3) is 0 Å². The molecule has 0 N–H and O–H groups in total. The number of nitrogens with zero attached hydrogens (tertiary/aromatic N) is 5. The van der Waals surface area contributed by atoms with Crippen LogP contribution in [0.4, 0.5) is 15.9 Å². The molecule has 11 heteroatoms. The maximum absolute atomic E-state index is 13.4. The van der Waals surface area contributed by atoms with E-state index in [0.29, 0.717) is 39.4 Å². The quantitative estimate of drug-likeness (QED) is 0.713. The average molecular weight is 442 g/mol. The van der Waals surface area contributed by atoms with E-state index < -0.39 is 15.8 Å². The van der Waals surface area contributed by atoms with Crippen molar-refractivity contribution >= 4 is 33.1 Å². The fraction of sp³-hybridized carbons (Fsp3) is 0.444. The third kappa shape index (κ3) is 4.30.